The van der Waals surface area contributed by atoms with Gasteiger partial charge < -0.3 is 19.3 Å². The first-order chi connectivity index (χ1) is 13.5. The Morgan fingerprint density at radius 3 is 2.68 bits per heavy atom. The number of halogens is 2. The van der Waals surface area contributed by atoms with E-state index in [-0.39, 0.29) is 10.7 Å². The third-order valence-corrected chi connectivity index (χ3v) is 5.93. The van der Waals surface area contributed by atoms with Crippen molar-refractivity contribution in [2.75, 3.05) is 37.5 Å². The number of benzene rings is 2. The molecule has 146 valence electrons. The van der Waals surface area contributed by atoms with Gasteiger partial charge in [0.25, 0.3) is 0 Å². The average molecular weight is 421 g/mol. The standard InChI is InChI=1S/C20H18ClFN2O3S/c1-28-13-4-2-3-12(11-13)24-15-6-5-14(22)17(21)16(15)18(19(24)20(25)26)23-7-9-27-10-8-23/h2-6,11H,7-10H2,1H3,(H,25,26). The van der Waals surface area contributed by atoms with Gasteiger partial charge in [-0.1, -0.05) is 17.7 Å². The number of thioether (sulfide) groups is 1. The zero-order valence-electron chi connectivity index (χ0n) is 15.1. The number of hydrogen-bond acceptors (Lipinski definition) is 4. The second-order valence-electron chi connectivity index (χ2n) is 6.39. The van der Waals surface area contributed by atoms with E-state index in [1.165, 1.54) is 6.07 Å². The van der Waals surface area contributed by atoms with E-state index in [1.807, 2.05) is 35.4 Å². The molecular formula is C20H18ClFN2O3S. The van der Waals surface area contributed by atoms with Gasteiger partial charge in [0, 0.05) is 29.1 Å². The van der Waals surface area contributed by atoms with Crippen LogP contribution in [0.2, 0.25) is 5.02 Å². The Morgan fingerprint density at radius 2 is 2.00 bits per heavy atom. The van der Waals surface area contributed by atoms with Gasteiger partial charge >= 0.3 is 5.97 Å². The van der Waals surface area contributed by atoms with E-state index >= 15 is 0 Å². The predicted molar refractivity (Wildman–Crippen MR) is 110 cm³/mol. The Hall–Kier alpha value is -2.22. The van der Waals surface area contributed by atoms with E-state index in [4.69, 9.17) is 16.3 Å². The van der Waals surface area contributed by atoms with Gasteiger partial charge in [-0.15, -0.1) is 11.8 Å². The molecule has 0 amide bonds. The second-order valence-corrected chi connectivity index (χ2v) is 7.65. The number of hydrogen-bond donors (Lipinski definition) is 1. The van der Waals surface area contributed by atoms with Crippen molar-refractivity contribution < 1.29 is 19.0 Å². The SMILES string of the molecule is CSc1cccc(-n2c(C(=O)O)c(N3CCOCC3)c3c(Cl)c(F)ccc32)c1. The molecule has 0 unspecified atom stereocenters. The molecule has 8 heteroatoms. The highest BCUT2D eigenvalue weighted by molar-refractivity contribution is 7.98. The summed E-state index contributed by atoms with van der Waals surface area (Å²) in [5.74, 6) is -1.67. The molecule has 1 N–H and O–H groups in total. The Kier molecular flexibility index (Phi) is 5.23. The summed E-state index contributed by atoms with van der Waals surface area (Å²) in [7, 11) is 0. The smallest absolute Gasteiger partial charge is 0.355 e. The molecule has 0 spiro atoms. The van der Waals surface area contributed by atoms with E-state index in [0.29, 0.717) is 48.6 Å². The van der Waals surface area contributed by atoms with Crippen molar-refractivity contribution in [3.8, 4) is 5.69 Å². The molecule has 1 fully saturated rings. The molecule has 0 bridgehead atoms. The van der Waals surface area contributed by atoms with Gasteiger partial charge in [-0.2, -0.15) is 0 Å². The number of carboxylic acids is 1. The summed E-state index contributed by atoms with van der Waals surface area (Å²) in [5.41, 5.74) is 1.76. The van der Waals surface area contributed by atoms with Crippen LogP contribution in [0.3, 0.4) is 0 Å². The average Bonchev–Trinajstić information content (AvgIpc) is 3.07. The Balaban J connectivity index is 2.10. The zero-order valence-corrected chi connectivity index (χ0v) is 16.7. The Labute approximate surface area is 170 Å². The lowest BCUT2D eigenvalue weighted by Crippen LogP contribution is -2.37. The van der Waals surface area contributed by atoms with E-state index in [1.54, 1.807) is 22.4 Å². The molecule has 4 rings (SSSR count). The zero-order chi connectivity index (χ0) is 19.8. The molecule has 0 atom stereocenters. The van der Waals surface area contributed by atoms with Crippen molar-refractivity contribution >= 4 is 45.9 Å². The minimum Gasteiger partial charge on any atom is -0.476 e. The molecule has 0 saturated carbocycles. The van der Waals surface area contributed by atoms with Crippen molar-refractivity contribution in [3.05, 3.63) is 52.9 Å². The van der Waals surface area contributed by atoms with Crippen molar-refractivity contribution in [1.29, 1.82) is 0 Å². The highest BCUT2D eigenvalue weighted by Gasteiger charge is 2.30. The quantitative estimate of drug-likeness (QED) is 0.621. The number of carboxylic acid groups (broad SMARTS) is 1. The lowest BCUT2D eigenvalue weighted by molar-refractivity contribution is 0.0688. The third-order valence-electron chi connectivity index (χ3n) is 4.84. The van der Waals surface area contributed by atoms with Gasteiger partial charge in [0.05, 0.1) is 29.4 Å². The van der Waals surface area contributed by atoms with Crippen LogP contribution in [0, 0.1) is 5.82 Å². The van der Waals surface area contributed by atoms with Crippen molar-refractivity contribution in [3.63, 3.8) is 0 Å². The van der Waals surface area contributed by atoms with Gasteiger partial charge in [0.15, 0.2) is 5.69 Å². The number of anilines is 1. The summed E-state index contributed by atoms with van der Waals surface area (Å²) >= 11 is 7.91. The molecule has 1 aliphatic heterocycles. The molecule has 1 saturated heterocycles. The van der Waals surface area contributed by atoms with Crippen LogP contribution in [0.5, 0.6) is 0 Å². The summed E-state index contributed by atoms with van der Waals surface area (Å²) in [5, 5.41) is 10.4. The summed E-state index contributed by atoms with van der Waals surface area (Å²) in [6, 6.07) is 10.4. The molecular weight excluding hydrogens is 403 g/mol. The molecule has 2 aromatic carbocycles. The van der Waals surface area contributed by atoms with Gasteiger partial charge in [0.1, 0.15) is 5.82 Å². The van der Waals surface area contributed by atoms with Crippen LogP contribution in [0.4, 0.5) is 10.1 Å². The second kappa shape index (κ2) is 7.66. The largest absolute Gasteiger partial charge is 0.476 e. The number of fused-ring (bicyclic) bond motifs is 1. The molecule has 3 aromatic rings. The number of rotatable bonds is 4. The normalized spacial score (nSPS) is 14.6. The van der Waals surface area contributed by atoms with Gasteiger partial charge in [-0.25, -0.2) is 9.18 Å². The van der Waals surface area contributed by atoms with Crippen molar-refractivity contribution in [2.24, 2.45) is 0 Å². The summed E-state index contributed by atoms with van der Waals surface area (Å²) in [4.78, 5) is 15.3. The molecule has 1 aromatic heterocycles. The van der Waals surface area contributed by atoms with E-state index in [0.717, 1.165) is 4.90 Å². The summed E-state index contributed by atoms with van der Waals surface area (Å²) in [6.45, 7) is 1.97. The first-order valence-electron chi connectivity index (χ1n) is 8.75. The van der Waals surface area contributed by atoms with Gasteiger partial charge in [-0.3, -0.25) is 0 Å². The Bertz CT molecular complexity index is 1060. The van der Waals surface area contributed by atoms with Crippen LogP contribution >= 0.6 is 23.4 Å². The first-order valence-corrected chi connectivity index (χ1v) is 10.4. The van der Waals surface area contributed by atoms with Gasteiger partial charge in [0.2, 0.25) is 0 Å². The molecule has 5 nitrogen and oxygen atoms in total. The predicted octanol–water partition coefficient (Wildman–Crippen LogP) is 4.68. The Morgan fingerprint density at radius 1 is 1.25 bits per heavy atom. The van der Waals surface area contributed by atoms with Crippen LogP contribution in [0.15, 0.2) is 41.3 Å². The number of carbonyl (C=O) groups is 1. The lowest BCUT2D eigenvalue weighted by atomic mass is 10.2. The van der Waals surface area contributed by atoms with Crippen molar-refractivity contribution in [2.45, 2.75) is 4.90 Å². The monoisotopic (exact) mass is 420 g/mol. The third kappa shape index (κ3) is 3.13. The highest BCUT2D eigenvalue weighted by Crippen LogP contribution is 2.42. The fraction of sp³-hybridized carbons (Fsp3) is 0.250. The fourth-order valence-electron chi connectivity index (χ4n) is 3.61. The maximum Gasteiger partial charge on any atom is 0.355 e. The van der Waals surface area contributed by atoms with E-state index in [2.05, 4.69) is 0 Å². The number of morpholine rings is 1. The van der Waals surface area contributed by atoms with E-state index in [9.17, 15) is 14.3 Å². The minimum atomic E-state index is -1.09. The lowest BCUT2D eigenvalue weighted by Gasteiger charge is -2.29. The number of aromatic carboxylic acids is 1. The highest BCUT2D eigenvalue weighted by atomic mass is 35.5. The molecule has 2 heterocycles. The van der Waals surface area contributed by atoms with Crippen LogP contribution in [-0.2, 0) is 4.74 Å². The number of nitrogens with zero attached hydrogens (tertiary/aromatic N) is 2. The van der Waals surface area contributed by atoms with E-state index < -0.39 is 11.8 Å². The minimum absolute atomic E-state index is 0.0683. The molecule has 1 aliphatic rings. The van der Waals surface area contributed by atoms with Crippen LogP contribution in [0.1, 0.15) is 10.5 Å². The van der Waals surface area contributed by atoms with Gasteiger partial charge in [-0.05, 0) is 36.6 Å². The fourth-order valence-corrected chi connectivity index (χ4v) is 4.31. The molecule has 0 aliphatic carbocycles. The maximum atomic E-state index is 14.3. The summed E-state index contributed by atoms with van der Waals surface area (Å²) in [6.07, 6.45) is 1.95. The maximum absolute atomic E-state index is 14.3. The molecule has 28 heavy (non-hydrogen) atoms. The summed E-state index contributed by atoms with van der Waals surface area (Å²) < 4.78 is 21.4. The topological polar surface area (TPSA) is 54.7 Å². The van der Waals surface area contributed by atoms with Crippen LogP contribution < -0.4 is 4.90 Å². The number of aromatic nitrogens is 1. The van der Waals surface area contributed by atoms with Crippen LogP contribution in [-0.4, -0.2) is 48.2 Å². The van der Waals surface area contributed by atoms with Crippen LogP contribution in [0.25, 0.3) is 16.6 Å². The van der Waals surface area contributed by atoms with Crippen molar-refractivity contribution in [1.82, 2.24) is 4.57 Å². The number of ether oxygens (including phenoxy) is 1. The first kappa shape index (κ1) is 19.1. The molecule has 0 radical (unpaired) electrons.